The Morgan fingerprint density at radius 3 is 1.52 bits per heavy atom. The van der Waals surface area contributed by atoms with E-state index in [1.807, 2.05) is 72.3 Å². The molecule has 0 spiro atoms. The van der Waals surface area contributed by atoms with Crippen LogP contribution in [0, 0.1) is 25.7 Å². The predicted octanol–water partition coefficient (Wildman–Crippen LogP) is 6.50. The summed E-state index contributed by atoms with van der Waals surface area (Å²) in [6.07, 6.45) is 8.95. The summed E-state index contributed by atoms with van der Waals surface area (Å²) in [6.45, 7) is 28.6. The zero-order valence-electron chi connectivity index (χ0n) is 71.0. The van der Waals surface area contributed by atoms with E-state index in [9.17, 15) is 34.2 Å². The van der Waals surface area contributed by atoms with Crippen molar-refractivity contribution in [3.05, 3.63) is 133 Å². The summed E-state index contributed by atoms with van der Waals surface area (Å²) in [4.78, 5) is 77.7. The van der Waals surface area contributed by atoms with E-state index in [0.29, 0.717) is 251 Å². The number of ether oxygens (including phenoxy) is 16. The number of anilines is 1. The molecule has 33 nitrogen and oxygen atoms in total. The molecule has 122 heavy (non-hydrogen) atoms. The van der Waals surface area contributed by atoms with Crippen LogP contribution in [-0.4, -0.2) is 317 Å². The molecule has 5 aliphatic rings. The number of nitrogens with zero attached hydrogens (tertiary/aromatic N) is 8. The molecule has 0 aliphatic carbocycles. The van der Waals surface area contributed by atoms with Crippen molar-refractivity contribution in [2.45, 2.75) is 92.7 Å². The summed E-state index contributed by atoms with van der Waals surface area (Å²) in [7, 11) is 0. The van der Waals surface area contributed by atoms with E-state index in [0.717, 1.165) is 73.3 Å². The summed E-state index contributed by atoms with van der Waals surface area (Å²) in [6, 6.07) is 15.4. The van der Waals surface area contributed by atoms with Gasteiger partial charge in [0, 0.05) is 17.5 Å². The number of carboxylic acids is 3. The van der Waals surface area contributed by atoms with Crippen LogP contribution in [0.2, 0.25) is 0 Å². The third kappa shape index (κ3) is 28.4. The van der Waals surface area contributed by atoms with Crippen LogP contribution in [0.5, 0.6) is 0 Å². The molecule has 2 amide bonds. The number of amides is 2. The van der Waals surface area contributed by atoms with Gasteiger partial charge < -0.3 is 85.8 Å². The number of hydrogen-bond donors (Lipinski definition) is 4. The first-order valence-corrected chi connectivity index (χ1v) is 44.7. The molecule has 5 aromatic rings. The van der Waals surface area contributed by atoms with Crippen molar-refractivity contribution in [2.75, 3.05) is 223 Å². The minimum atomic E-state index is -1.68. The van der Waals surface area contributed by atoms with E-state index >= 15 is 0 Å². The summed E-state index contributed by atoms with van der Waals surface area (Å²) >= 11 is -1.68. The van der Waals surface area contributed by atoms with Gasteiger partial charge in [-0.1, -0.05) is 47.7 Å². The topological polar surface area (TPSA) is 374 Å². The number of benzene rings is 2. The van der Waals surface area contributed by atoms with Crippen LogP contribution >= 0.6 is 0 Å². The number of carbonyl (C=O) groups is 5. The monoisotopic (exact) mass is 1810 g/mol. The normalized spacial score (nSPS) is 15.1. The molecule has 5 aliphatic heterocycles. The van der Waals surface area contributed by atoms with Crippen molar-refractivity contribution < 1.29 is 115 Å². The fourth-order valence-electron chi connectivity index (χ4n) is 14.7. The van der Waals surface area contributed by atoms with Crippen molar-refractivity contribution in [1.82, 2.24) is 25.9 Å². The van der Waals surface area contributed by atoms with Crippen molar-refractivity contribution in [1.29, 1.82) is 0 Å². The van der Waals surface area contributed by atoms with Gasteiger partial charge in [-0.3, -0.25) is 9.59 Å². The van der Waals surface area contributed by atoms with Crippen molar-refractivity contribution in [3.8, 4) is 22.5 Å². The second-order valence-electron chi connectivity index (χ2n) is 29.0. The fraction of sp³-hybridized carbons (Fsp3) is 0.557. The van der Waals surface area contributed by atoms with Gasteiger partial charge in [0.2, 0.25) is 5.91 Å². The Morgan fingerprint density at radius 2 is 1.02 bits per heavy atom. The van der Waals surface area contributed by atoms with E-state index in [1.54, 1.807) is 11.8 Å². The second kappa shape index (κ2) is 52.5. The summed E-state index contributed by atoms with van der Waals surface area (Å²) in [5, 5.41) is 44.2. The van der Waals surface area contributed by atoms with Crippen molar-refractivity contribution in [2.24, 2.45) is 21.8 Å². The molecule has 10 rings (SSSR count). The molecular weight excluding hydrogens is 1690 g/mol. The molecule has 2 radical (unpaired) electrons. The summed E-state index contributed by atoms with van der Waals surface area (Å²) < 4.78 is 95.6. The predicted molar refractivity (Wildman–Crippen MR) is 456 cm³/mol. The van der Waals surface area contributed by atoms with Crippen LogP contribution in [-0.2, 0) is 119 Å². The van der Waals surface area contributed by atoms with Gasteiger partial charge in [-0.2, -0.15) is 0 Å². The number of para-hydroxylation sites is 1. The van der Waals surface area contributed by atoms with Crippen LogP contribution < -0.4 is 20.9 Å². The minimum absolute atomic E-state index is 0.00516. The number of aliphatic imine (C=N–C) groups is 2. The average molecular weight is 1810 g/mol. The SMILES string of the molecule is C=Cc1c(C)c2[n]3c1C=c1c(C)c(CC)c([n]1[Sn]3)=CC1=NC(=C(CCC(=O)NCCC(=O)N3Cc4ccccc4-c4c(nnn4CCOCCOCCOCCOCCOCCOCCOCCOCCOCCOCCOCCOCCOCCOCCOCCOCCC(=O)O)-c4ccccc43)C3=NC(=C2)C(C)C3CCC(=O)O)C(C(=O)O)=C1C. The van der Waals surface area contributed by atoms with E-state index in [4.69, 9.17) is 96.0 Å². The molecule has 2 aromatic carbocycles. The Balaban J connectivity index is 0.561. The van der Waals surface area contributed by atoms with Gasteiger partial charge in [-0.15, -0.1) is 5.10 Å². The van der Waals surface area contributed by atoms with E-state index in [1.165, 1.54) is 0 Å². The summed E-state index contributed by atoms with van der Waals surface area (Å²) in [5.41, 5.74) is 13.9. The molecule has 0 saturated carbocycles. The Bertz CT molecular complexity index is 4560. The zero-order chi connectivity index (χ0) is 86.2. The number of fused-ring (bicyclic) bond motifs is 7. The van der Waals surface area contributed by atoms with E-state index in [2.05, 4.69) is 55.6 Å². The van der Waals surface area contributed by atoms with Crippen LogP contribution in [0.25, 0.3) is 46.8 Å². The number of allylic oxidation sites excluding steroid dienone is 3. The fourth-order valence-corrected chi connectivity index (χ4v) is 18.9. The molecular formula is C88H119N9O24Sn. The van der Waals surface area contributed by atoms with Crippen molar-refractivity contribution in [3.63, 3.8) is 0 Å². The zero-order valence-corrected chi connectivity index (χ0v) is 73.8. The van der Waals surface area contributed by atoms with Crippen LogP contribution in [0.4, 0.5) is 5.69 Å². The number of hydrogen-bond acceptors (Lipinski definition) is 25. The molecule has 8 heterocycles. The Morgan fingerprint density at radius 1 is 0.541 bits per heavy atom. The molecule has 0 fully saturated rings. The number of aliphatic carboxylic acids is 3. The quantitative estimate of drug-likeness (QED) is 0.0234. The second-order valence-corrected chi connectivity index (χ2v) is 32.2. The first-order chi connectivity index (χ1) is 59.6. The third-order valence-corrected chi connectivity index (χ3v) is 24.9. The van der Waals surface area contributed by atoms with Crippen molar-refractivity contribution >= 4 is 92.8 Å². The van der Waals surface area contributed by atoms with Gasteiger partial charge >= 0.3 is 291 Å². The van der Waals surface area contributed by atoms with Gasteiger partial charge in [-0.25, -0.2) is 4.68 Å². The first kappa shape index (κ1) is 95.9. The van der Waals surface area contributed by atoms with Gasteiger partial charge in [0.15, 0.2) is 0 Å². The van der Waals surface area contributed by atoms with Crippen LogP contribution in [0.15, 0.2) is 93.2 Å². The Hall–Kier alpha value is -8.31. The molecule has 664 valence electrons. The Labute approximate surface area is 722 Å². The van der Waals surface area contributed by atoms with E-state index < -0.39 is 45.5 Å². The third-order valence-electron chi connectivity index (χ3n) is 21.0. The number of aromatic nitrogens is 5. The molecule has 2 unspecified atom stereocenters. The standard InChI is InChI=1S/C88H121N9O24.Sn/c1-7-66-61(3)72-57-74-63(5)68(18-20-81(100)101)84(92-74)71(85-83(88(104)105)64(6)75(93-85)59-77-67(8-2)62(4)73(91-77)58-76(66)90-72)17-19-79(98)89-23-21-80(99)96-60-65-13-9-10-14-69(65)87-86(70-15-11-12-16-78(70)96)94-95-97(87)24-26-107-28-30-109-32-34-111-36-38-113-40-42-115-44-46-117-48-50-119-52-54-121-56-55-120-53-51-118-49-47-116-45-43-114-41-39-112-37-35-110-33-31-108-29-27-106-25-22-82(102)103;/h7,9-16,57-59,63,68H,1,8,17-56,60H2,2-6H3,(H6,89,90,91,92,93,94,95,98,100,101,102,103,104,105);/q;+2/p-2. The van der Waals surface area contributed by atoms with Gasteiger partial charge in [0.05, 0.1) is 242 Å². The molecule has 34 heteroatoms. The van der Waals surface area contributed by atoms with Gasteiger partial charge in [0.25, 0.3) is 0 Å². The van der Waals surface area contributed by atoms with E-state index in [-0.39, 0.29) is 87.2 Å². The van der Waals surface area contributed by atoms with Crippen LogP contribution in [0.1, 0.15) is 98.5 Å². The number of carbonyl (C=O) groups excluding carboxylic acids is 2. The number of rotatable bonds is 63. The number of carboxylic acid groups (broad SMARTS) is 3. The molecule has 4 N–H and O–H groups in total. The maximum atomic E-state index is 14.7. The first-order valence-electron chi connectivity index (χ1n) is 42.1. The van der Waals surface area contributed by atoms with Crippen LogP contribution in [0.3, 0.4) is 0 Å². The van der Waals surface area contributed by atoms with Gasteiger partial charge in [-0.05, 0) is 11.6 Å². The van der Waals surface area contributed by atoms with Gasteiger partial charge in [0.1, 0.15) is 5.69 Å². The molecule has 6 bridgehead atoms. The Kier molecular flexibility index (Phi) is 41.2. The molecule has 0 saturated heterocycles. The maximum absolute atomic E-state index is 14.7. The molecule has 2 atom stereocenters. The molecule has 3 aromatic heterocycles. The average Bonchev–Trinajstić information content (AvgIpc) is 1.56. The summed E-state index contributed by atoms with van der Waals surface area (Å²) in [5.74, 6) is -4.35. The number of nitrogens with one attached hydrogen (secondary N) is 1.